The molecule has 2 aromatic carbocycles. The quantitative estimate of drug-likeness (QED) is 0.832. The van der Waals surface area contributed by atoms with Crippen molar-refractivity contribution in [2.75, 3.05) is 0 Å². The first kappa shape index (κ1) is 14.4. The van der Waals surface area contributed by atoms with E-state index in [0.717, 1.165) is 12.1 Å². The molecule has 0 unspecified atom stereocenters. The van der Waals surface area contributed by atoms with Crippen LogP contribution in [-0.2, 0) is 6.61 Å². The monoisotopic (exact) mass is 282 g/mol. The van der Waals surface area contributed by atoms with Gasteiger partial charge in [-0.1, -0.05) is 12.1 Å². The van der Waals surface area contributed by atoms with Crippen LogP contribution in [0.4, 0.5) is 13.2 Å². The van der Waals surface area contributed by atoms with Crippen LogP contribution in [0.2, 0.25) is 0 Å². The maximum atomic E-state index is 13.8. The molecule has 0 atom stereocenters. The van der Waals surface area contributed by atoms with E-state index < -0.39 is 30.0 Å². The normalized spacial score (nSPS) is 10.4. The second kappa shape index (κ2) is 5.98. The highest BCUT2D eigenvalue weighted by atomic mass is 19.1. The van der Waals surface area contributed by atoms with E-state index in [1.54, 1.807) is 6.07 Å². The molecule has 2 N–H and O–H groups in total. The molecule has 0 aliphatic rings. The minimum atomic E-state index is -2.28. The van der Waals surface area contributed by atoms with Gasteiger partial charge in [-0.25, -0.2) is 13.2 Å². The Hall–Kier alpha value is -1.99. The summed E-state index contributed by atoms with van der Waals surface area (Å²) in [6, 6.07) is 7.39. The van der Waals surface area contributed by atoms with Crippen molar-refractivity contribution in [3.05, 3.63) is 59.4 Å². The average molecular weight is 282 g/mol. The molecule has 0 fully saturated rings. The highest BCUT2D eigenvalue weighted by molar-refractivity contribution is 6.58. The van der Waals surface area contributed by atoms with Gasteiger partial charge in [0, 0.05) is 0 Å². The predicted octanol–water partition coefficient (Wildman–Crippen LogP) is 1.36. The number of rotatable bonds is 4. The van der Waals surface area contributed by atoms with Gasteiger partial charge in [0.15, 0.2) is 11.6 Å². The second-order valence-corrected chi connectivity index (χ2v) is 4.07. The maximum absolute atomic E-state index is 13.8. The number of halogens is 3. The van der Waals surface area contributed by atoms with E-state index in [0.29, 0.717) is 5.56 Å². The summed E-state index contributed by atoms with van der Waals surface area (Å²) in [6.07, 6.45) is 0. The SMILES string of the molecule is OB(O)c1c(F)ccc(OCc2cccc(F)c2)c1F. The summed E-state index contributed by atoms with van der Waals surface area (Å²) in [5, 5.41) is 17.8. The third-order valence-corrected chi connectivity index (χ3v) is 2.63. The third-order valence-electron chi connectivity index (χ3n) is 2.63. The maximum Gasteiger partial charge on any atom is 0.494 e. The van der Waals surface area contributed by atoms with Crippen LogP contribution < -0.4 is 10.2 Å². The van der Waals surface area contributed by atoms with Gasteiger partial charge < -0.3 is 14.8 Å². The van der Waals surface area contributed by atoms with Gasteiger partial charge in [0.25, 0.3) is 0 Å². The van der Waals surface area contributed by atoms with E-state index in [9.17, 15) is 13.2 Å². The zero-order valence-corrected chi connectivity index (χ0v) is 10.2. The molecule has 20 heavy (non-hydrogen) atoms. The largest absolute Gasteiger partial charge is 0.494 e. The fourth-order valence-electron chi connectivity index (χ4n) is 1.69. The third kappa shape index (κ3) is 3.12. The van der Waals surface area contributed by atoms with Crippen LogP contribution in [0.1, 0.15) is 5.56 Å². The summed E-state index contributed by atoms with van der Waals surface area (Å²) in [5.74, 6) is -3.09. The van der Waals surface area contributed by atoms with Crippen molar-refractivity contribution in [1.82, 2.24) is 0 Å². The van der Waals surface area contributed by atoms with Crippen molar-refractivity contribution in [3.63, 3.8) is 0 Å². The van der Waals surface area contributed by atoms with Crippen LogP contribution in [0.25, 0.3) is 0 Å². The van der Waals surface area contributed by atoms with Gasteiger partial charge in [-0.2, -0.15) is 0 Å². The van der Waals surface area contributed by atoms with Crippen LogP contribution in [0.3, 0.4) is 0 Å². The van der Waals surface area contributed by atoms with E-state index in [1.165, 1.54) is 18.2 Å². The summed E-state index contributed by atoms with van der Waals surface area (Å²) in [6.45, 7) is -0.138. The van der Waals surface area contributed by atoms with Gasteiger partial charge in [-0.05, 0) is 29.8 Å². The molecule has 0 radical (unpaired) electrons. The van der Waals surface area contributed by atoms with Gasteiger partial charge in [0.1, 0.15) is 18.2 Å². The molecule has 7 heteroatoms. The van der Waals surface area contributed by atoms with Gasteiger partial charge in [0.05, 0.1) is 5.46 Å². The Labute approximate surface area is 113 Å². The molecule has 0 bridgehead atoms. The molecule has 0 aromatic heterocycles. The van der Waals surface area contributed by atoms with Gasteiger partial charge in [-0.3, -0.25) is 0 Å². The lowest BCUT2D eigenvalue weighted by atomic mass is 9.79. The lowest BCUT2D eigenvalue weighted by Gasteiger charge is -2.11. The number of ether oxygens (including phenoxy) is 1. The van der Waals surface area contributed by atoms with Crippen molar-refractivity contribution >= 4 is 12.6 Å². The summed E-state index contributed by atoms with van der Waals surface area (Å²) >= 11 is 0. The van der Waals surface area contributed by atoms with E-state index in [-0.39, 0.29) is 12.4 Å². The highest BCUT2D eigenvalue weighted by Gasteiger charge is 2.24. The van der Waals surface area contributed by atoms with E-state index in [2.05, 4.69) is 0 Å². The summed E-state index contributed by atoms with van der Waals surface area (Å²) in [5.41, 5.74) is -0.429. The van der Waals surface area contributed by atoms with Crippen LogP contribution >= 0.6 is 0 Å². The molecule has 2 rings (SSSR count). The number of hydrogen-bond acceptors (Lipinski definition) is 3. The van der Waals surface area contributed by atoms with Crippen molar-refractivity contribution < 1.29 is 28.0 Å². The fourth-order valence-corrected chi connectivity index (χ4v) is 1.69. The lowest BCUT2D eigenvalue weighted by molar-refractivity contribution is 0.289. The van der Waals surface area contributed by atoms with Crippen LogP contribution in [0, 0.1) is 17.5 Å². The van der Waals surface area contributed by atoms with Gasteiger partial charge in [0.2, 0.25) is 0 Å². The molecule has 0 aliphatic carbocycles. The Morgan fingerprint density at radius 1 is 1.05 bits per heavy atom. The van der Waals surface area contributed by atoms with E-state index in [1.807, 2.05) is 0 Å². The zero-order valence-electron chi connectivity index (χ0n) is 10.2. The number of hydrogen-bond donors (Lipinski definition) is 2. The molecule has 0 amide bonds. The van der Waals surface area contributed by atoms with Crippen LogP contribution in [-0.4, -0.2) is 17.2 Å². The first-order chi connectivity index (χ1) is 9.49. The molecular formula is C13H10BF3O3. The van der Waals surface area contributed by atoms with Crippen molar-refractivity contribution in [2.24, 2.45) is 0 Å². The van der Waals surface area contributed by atoms with Crippen LogP contribution in [0.15, 0.2) is 36.4 Å². The summed E-state index contributed by atoms with van der Waals surface area (Å²) in [7, 11) is -2.28. The summed E-state index contributed by atoms with van der Waals surface area (Å²) < 4.78 is 45.1. The minimum absolute atomic E-state index is 0.138. The lowest BCUT2D eigenvalue weighted by Crippen LogP contribution is -2.36. The smallest absolute Gasteiger partial charge is 0.486 e. The molecule has 0 heterocycles. The van der Waals surface area contributed by atoms with E-state index >= 15 is 0 Å². The number of benzene rings is 2. The van der Waals surface area contributed by atoms with Crippen molar-refractivity contribution in [2.45, 2.75) is 6.61 Å². The molecule has 0 saturated carbocycles. The molecule has 2 aromatic rings. The molecule has 0 spiro atoms. The van der Waals surface area contributed by atoms with Crippen molar-refractivity contribution in [1.29, 1.82) is 0 Å². The zero-order chi connectivity index (χ0) is 14.7. The van der Waals surface area contributed by atoms with Crippen molar-refractivity contribution in [3.8, 4) is 5.75 Å². The molecule has 104 valence electrons. The highest BCUT2D eigenvalue weighted by Crippen LogP contribution is 2.18. The first-order valence-corrected chi connectivity index (χ1v) is 5.70. The van der Waals surface area contributed by atoms with Gasteiger partial charge >= 0.3 is 7.12 Å². The Morgan fingerprint density at radius 2 is 1.80 bits per heavy atom. The second-order valence-electron chi connectivity index (χ2n) is 4.07. The average Bonchev–Trinajstić information content (AvgIpc) is 2.37. The molecule has 0 saturated heterocycles. The Bertz CT molecular complexity index is 620. The minimum Gasteiger partial charge on any atom is -0.486 e. The predicted molar refractivity (Wildman–Crippen MR) is 66.9 cm³/mol. The van der Waals surface area contributed by atoms with E-state index in [4.69, 9.17) is 14.8 Å². The Balaban J connectivity index is 2.20. The Kier molecular flexibility index (Phi) is 4.31. The fraction of sp³-hybridized carbons (Fsp3) is 0.0769. The summed E-state index contributed by atoms with van der Waals surface area (Å²) in [4.78, 5) is 0. The Morgan fingerprint density at radius 3 is 2.45 bits per heavy atom. The van der Waals surface area contributed by atoms with Gasteiger partial charge in [-0.15, -0.1) is 0 Å². The molecular weight excluding hydrogens is 272 g/mol. The molecule has 3 nitrogen and oxygen atoms in total. The standard InChI is InChI=1S/C13H10BF3O3/c15-9-3-1-2-8(6-9)7-20-11-5-4-10(16)12(13(11)17)14(18)19/h1-6,18-19H,7H2. The van der Waals surface area contributed by atoms with Crippen LogP contribution in [0.5, 0.6) is 5.75 Å². The molecule has 0 aliphatic heterocycles. The topological polar surface area (TPSA) is 49.7 Å². The first-order valence-electron chi connectivity index (χ1n) is 5.70.